The minimum atomic E-state index is 0.0743. The van der Waals surface area contributed by atoms with Crippen LogP contribution in [-0.2, 0) is 17.6 Å². The zero-order valence-electron chi connectivity index (χ0n) is 16.2. The highest BCUT2D eigenvalue weighted by atomic mass is 16.1. The molecule has 140 valence electrons. The average molecular weight is 361 g/mol. The van der Waals surface area contributed by atoms with Gasteiger partial charge in [-0.05, 0) is 54.3 Å². The van der Waals surface area contributed by atoms with Crippen LogP contribution >= 0.6 is 0 Å². The van der Waals surface area contributed by atoms with Crippen LogP contribution in [0.1, 0.15) is 25.0 Å². The van der Waals surface area contributed by atoms with Crippen LogP contribution in [0.15, 0.2) is 66.7 Å². The molecule has 0 aliphatic heterocycles. The molecule has 3 nitrogen and oxygen atoms in total. The molecular formula is C24H28N2O. The second kappa shape index (κ2) is 9.22. The molecule has 0 saturated carbocycles. The van der Waals surface area contributed by atoms with Gasteiger partial charge >= 0.3 is 0 Å². The first-order chi connectivity index (χ1) is 13.2. The molecule has 0 fully saturated rings. The summed E-state index contributed by atoms with van der Waals surface area (Å²) in [4.78, 5) is 14.5. The Hall–Kier alpha value is -2.81. The fraction of sp³-hybridized carbons (Fsp3) is 0.292. The lowest BCUT2D eigenvalue weighted by atomic mass is 10.0. The third kappa shape index (κ3) is 4.88. The van der Waals surface area contributed by atoms with E-state index in [2.05, 4.69) is 60.5 Å². The highest BCUT2D eigenvalue weighted by Crippen LogP contribution is 2.25. The highest BCUT2D eigenvalue weighted by Gasteiger charge is 2.07. The molecule has 3 aromatic rings. The summed E-state index contributed by atoms with van der Waals surface area (Å²) in [5, 5.41) is 5.58. The highest BCUT2D eigenvalue weighted by molar-refractivity contribution is 5.89. The van der Waals surface area contributed by atoms with Crippen molar-refractivity contribution in [3.05, 3.63) is 77.9 Å². The number of benzene rings is 3. The van der Waals surface area contributed by atoms with Crippen molar-refractivity contribution in [2.24, 2.45) is 0 Å². The lowest BCUT2D eigenvalue weighted by molar-refractivity contribution is -0.120. The Kier molecular flexibility index (Phi) is 6.48. The van der Waals surface area contributed by atoms with Gasteiger partial charge < -0.3 is 10.2 Å². The molecule has 0 atom stereocenters. The van der Waals surface area contributed by atoms with Crippen LogP contribution in [0.4, 0.5) is 5.69 Å². The number of carbonyl (C=O) groups excluding carboxylic acids is 1. The van der Waals surface area contributed by atoms with Gasteiger partial charge in [-0.2, -0.15) is 0 Å². The first-order valence-corrected chi connectivity index (χ1v) is 9.78. The van der Waals surface area contributed by atoms with Crippen molar-refractivity contribution < 1.29 is 4.79 Å². The Morgan fingerprint density at radius 2 is 1.70 bits per heavy atom. The summed E-state index contributed by atoms with van der Waals surface area (Å²) in [6.45, 7) is 7.02. The summed E-state index contributed by atoms with van der Waals surface area (Å²) in [7, 11) is 0. The maximum Gasteiger partial charge on any atom is 0.224 e. The number of hydrogen-bond donors (Lipinski definition) is 1. The van der Waals surface area contributed by atoms with E-state index in [1.807, 2.05) is 30.3 Å². The van der Waals surface area contributed by atoms with Gasteiger partial charge in [-0.3, -0.25) is 4.79 Å². The van der Waals surface area contributed by atoms with Crippen LogP contribution in [0.25, 0.3) is 10.8 Å². The number of carbonyl (C=O) groups is 1. The minimum absolute atomic E-state index is 0.0743. The summed E-state index contributed by atoms with van der Waals surface area (Å²) in [5.41, 5.74) is 3.58. The number of fused-ring (bicyclic) bond motifs is 1. The summed E-state index contributed by atoms with van der Waals surface area (Å²) in [5.74, 6) is 0.0743. The maximum absolute atomic E-state index is 12.2. The van der Waals surface area contributed by atoms with E-state index in [-0.39, 0.29) is 5.91 Å². The molecule has 1 amide bonds. The number of rotatable bonds is 8. The number of hydrogen-bond acceptors (Lipinski definition) is 2. The molecule has 27 heavy (non-hydrogen) atoms. The fourth-order valence-electron chi connectivity index (χ4n) is 3.51. The van der Waals surface area contributed by atoms with E-state index in [1.165, 1.54) is 22.0 Å². The number of anilines is 1. The first kappa shape index (κ1) is 19.0. The number of nitrogens with one attached hydrogen (secondary N) is 1. The van der Waals surface area contributed by atoms with E-state index < -0.39 is 0 Å². The molecule has 0 aliphatic rings. The zero-order chi connectivity index (χ0) is 19.1. The quantitative estimate of drug-likeness (QED) is 0.637. The molecule has 3 heteroatoms. The van der Waals surface area contributed by atoms with Gasteiger partial charge in [-0.1, -0.05) is 54.6 Å². The molecular weight excluding hydrogens is 332 g/mol. The van der Waals surface area contributed by atoms with Crippen LogP contribution in [0.5, 0.6) is 0 Å². The Morgan fingerprint density at radius 3 is 2.44 bits per heavy atom. The third-order valence-corrected chi connectivity index (χ3v) is 5.01. The third-order valence-electron chi connectivity index (χ3n) is 5.01. The van der Waals surface area contributed by atoms with Gasteiger partial charge in [0.25, 0.3) is 0 Å². The molecule has 1 N–H and O–H groups in total. The normalized spacial score (nSPS) is 10.7. The minimum Gasteiger partial charge on any atom is -0.372 e. The molecule has 0 radical (unpaired) electrons. The molecule has 3 rings (SSSR count). The lowest BCUT2D eigenvalue weighted by Crippen LogP contribution is -2.27. The maximum atomic E-state index is 12.2. The van der Waals surface area contributed by atoms with Crippen molar-refractivity contribution in [2.45, 2.75) is 26.7 Å². The van der Waals surface area contributed by atoms with Crippen LogP contribution in [0.3, 0.4) is 0 Å². The SMILES string of the molecule is CCN(CC)c1ccc2cccc(CCNC(=O)Cc3ccccc3)c2c1. The molecule has 3 aromatic carbocycles. The number of amides is 1. The Labute approximate surface area is 162 Å². The van der Waals surface area contributed by atoms with Crippen LogP contribution < -0.4 is 10.2 Å². The van der Waals surface area contributed by atoms with Gasteiger partial charge in [-0.15, -0.1) is 0 Å². The van der Waals surface area contributed by atoms with Crippen molar-refractivity contribution in [1.29, 1.82) is 0 Å². The molecule has 0 aliphatic carbocycles. The van der Waals surface area contributed by atoms with E-state index in [9.17, 15) is 4.79 Å². The van der Waals surface area contributed by atoms with Gasteiger partial charge in [0.15, 0.2) is 0 Å². The van der Waals surface area contributed by atoms with Gasteiger partial charge in [0.05, 0.1) is 6.42 Å². The van der Waals surface area contributed by atoms with Crippen LogP contribution in [-0.4, -0.2) is 25.5 Å². The summed E-state index contributed by atoms with van der Waals surface area (Å²) >= 11 is 0. The van der Waals surface area contributed by atoms with E-state index in [1.54, 1.807) is 0 Å². The summed E-state index contributed by atoms with van der Waals surface area (Å²) < 4.78 is 0. The predicted molar refractivity (Wildman–Crippen MR) is 114 cm³/mol. The van der Waals surface area contributed by atoms with E-state index >= 15 is 0 Å². The Bertz CT molecular complexity index is 885. The zero-order valence-corrected chi connectivity index (χ0v) is 16.2. The van der Waals surface area contributed by atoms with Gasteiger partial charge in [0.1, 0.15) is 0 Å². The van der Waals surface area contributed by atoms with Crippen molar-refractivity contribution in [2.75, 3.05) is 24.5 Å². The van der Waals surface area contributed by atoms with Crippen molar-refractivity contribution in [1.82, 2.24) is 5.32 Å². The van der Waals surface area contributed by atoms with E-state index in [0.29, 0.717) is 13.0 Å². The molecule has 0 unspecified atom stereocenters. The fourth-order valence-corrected chi connectivity index (χ4v) is 3.51. The molecule has 0 aromatic heterocycles. The van der Waals surface area contributed by atoms with E-state index in [0.717, 1.165) is 25.1 Å². The molecule has 0 spiro atoms. The Morgan fingerprint density at radius 1 is 0.926 bits per heavy atom. The second-order valence-corrected chi connectivity index (χ2v) is 6.76. The first-order valence-electron chi connectivity index (χ1n) is 9.78. The standard InChI is InChI=1S/C24H28N2O/c1-3-26(4-2)22-14-13-20-11-8-12-21(23(20)18-22)15-16-25-24(27)17-19-9-6-5-7-10-19/h5-14,18H,3-4,15-17H2,1-2H3,(H,25,27). The number of nitrogens with zero attached hydrogens (tertiary/aromatic N) is 1. The van der Waals surface area contributed by atoms with Crippen molar-refractivity contribution in [3.8, 4) is 0 Å². The average Bonchev–Trinajstić information content (AvgIpc) is 2.70. The van der Waals surface area contributed by atoms with Gasteiger partial charge in [0.2, 0.25) is 5.91 Å². The molecule has 0 saturated heterocycles. The van der Waals surface area contributed by atoms with Gasteiger partial charge in [-0.25, -0.2) is 0 Å². The van der Waals surface area contributed by atoms with Crippen LogP contribution in [0, 0.1) is 0 Å². The van der Waals surface area contributed by atoms with Gasteiger partial charge in [0, 0.05) is 25.3 Å². The van der Waals surface area contributed by atoms with E-state index in [4.69, 9.17) is 0 Å². The van der Waals surface area contributed by atoms with Crippen LogP contribution in [0.2, 0.25) is 0 Å². The summed E-state index contributed by atoms with van der Waals surface area (Å²) in [6.07, 6.45) is 1.27. The summed E-state index contributed by atoms with van der Waals surface area (Å²) in [6, 6.07) is 23.0. The largest absolute Gasteiger partial charge is 0.372 e. The smallest absolute Gasteiger partial charge is 0.224 e. The predicted octanol–water partition coefficient (Wildman–Crippen LogP) is 4.59. The monoisotopic (exact) mass is 360 g/mol. The second-order valence-electron chi connectivity index (χ2n) is 6.76. The Balaban J connectivity index is 1.67. The van der Waals surface area contributed by atoms with Crippen molar-refractivity contribution >= 4 is 22.4 Å². The molecule has 0 bridgehead atoms. The molecule has 0 heterocycles. The lowest BCUT2D eigenvalue weighted by Gasteiger charge is -2.22. The topological polar surface area (TPSA) is 32.3 Å². The van der Waals surface area contributed by atoms with Crippen molar-refractivity contribution in [3.63, 3.8) is 0 Å².